The Balaban J connectivity index is 1.40. The van der Waals surface area contributed by atoms with Gasteiger partial charge in [-0.25, -0.2) is 9.97 Å². The number of thiazole rings is 1. The van der Waals surface area contributed by atoms with E-state index in [0.717, 1.165) is 53.7 Å². The van der Waals surface area contributed by atoms with E-state index in [9.17, 15) is 0 Å². The molecule has 0 saturated carbocycles. The molecule has 0 aliphatic heterocycles. The van der Waals surface area contributed by atoms with Crippen LogP contribution < -0.4 is 0 Å². The lowest BCUT2D eigenvalue weighted by molar-refractivity contribution is 0.952. The summed E-state index contributed by atoms with van der Waals surface area (Å²) in [5.41, 5.74) is 6.22. The molecule has 40 heavy (non-hydrogen) atoms. The molecular weight excluding hydrogens is 510 g/mol. The van der Waals surface area contributed by atoms with Crippen molar-refractivity contribution < 1.29 is 0 Å². The fraction of sp³-hybridized carbons (Fsp3) is 0. The van der Waals surface area contributed by atoms with Crippen LogP contribution in [0.1, 0.15) is 0 Å². The maximum absolute atomic E-state index is 5.08. The van der Waals surface area contributed by atoms with E-state index in [1.165, 1.54) is 0 Å². The van der Waals surface area contributed by atoms with Crippen molar-refractivity contribution >= 4 is 43.4 Å². The largest absolute Gasteiger partial charge is 0.278 e. The Morgan fingerprint density at radius 1 is 0.475 bits per heavy atom. The van der Waals surface area contributed by atoms with Crippen molar-refractivity contribution in [2.75, 3.05) is 0 Å². The molecule has 8 aromatic rings. The van der Waals surface area contributed by atoms with Gasteiger partial charge in [-0.1, -0.05) is 97.1 Å². The molecule has 188 valence electrons. The van der Waals surface area contributed by atoms with E-state index in [0.29, 0.717) is 17.6 Å². The molecular formula is C34H21N5S. The van der Waals surface area contributed by atoms with Crippen molar-refractivity contribution in [2.45, 2.75) is 0 Å². The van der Waals surface area contributed by atoms with Crippen LogP contribution >= 0.6 is 11.3 Å². The van der Waals surface area contributed by atoms with Gasteiger partial charge in [0.15, 0.2) is 16.7 Å². The highest BCUT2D eigenvalue weighted by Crippen LogP contribution is 2.34. The van der Waals surface area contributed by atoms with Gasteiger partial charge in [-0.2, -0.15) is 9.97 Å². The predicted molar refractivity (Wildman–Crippen MR) is 164 cm³/mol. The van der Waals surface area contributed by atoms with Crippen molar-refractivity contribution in [3.63, 3.8) is 0 Å². The molecule has 3 heterocycles. The lowest BCUT2D eigenvalue weighted by Gasteiger charge is -2.10. The van der Waals surface area contributed by atoms with Gasteiger partial charge < -0.3 is 0 Å². The molecule has 0 aliphatic rings. The predicted octanol–water partition coefficient (Wildman–Crippen LogP) is 8.58. The molecule has 0 radical (unpaired) electrons. The maximum Gasteiger partial charge on any atom is 0.238 e. The summed E-state index contributed by atoms with van der Waals surface area (Å²) in [6.45, 7) is 0. The summed E-state index contributed by atoms with van der Waals surface area (Å²) in [4.78, 5) is 20.0. The minimum atomic E-state index is 0.563. The van der Waals surface area contributed by atoms with Gasteiger partial charge in [-0.15, -0.1) is 11.3 Å². The van der Waals surface area contributed by atoms with Gasteiger partial charge in [-0.3, -0.25) is 4.57 Å². The molecule has 0 N–H and O–H groups in total. The molecule has 5 aromatic carbocycles. The zero-order chi connectivity index (χ0) is 26.5. The van der Waals surface area contributed by atoms with Gasteiger partial charge in [-0.05, 0) is 41.5 Å². The highest BCUT2D eigenvalue weighted by Gasteiger charge is 2.19. The van der Waals surface area contributed by atoms with Crippen LogP contribution in [-0.4, -0.2) is 24.5 Å². The van der Waals surface area contributed by atoms with E-state index < -0.39 is 0 Å². The first-order valence-electron chi connectivity index (χ1n) is 13.1. The Bertz CT molecular complexity index is 2090. The minimum Gasteiger partial charge on any atom is -0.278 e. The maximum atomic E-state index is 5.08. The fourth-order valence-electron chi connectivity index (χ4n) is 5.26. The molecule has 5 nitrogen and oxygen atoms in total. The third kappa shape index (κ3) is 3.77. The van der Waals surface area contributed by atoms with Gasteiger partial charge in [0.25, 0.3) is 0 Å². The number of benzene rings is 5. The van der Waals surface area contributed by atoms with E-state index >= 15 is 0 Å². The summed E-state index contributed by atoms with van der Waals surface area (Å²) in [5, 5.41) is 3.09. The van der Waals surface area contributed by atoms with Crippen LogP contribution in [0.4, 0.5) is 0 Å². The number of nitrogens with zero attached hydrogens (tertiary/aromatic N) is 5. The number of hydrogen-bond donors (Lipinski definition) is 0. The number of hydrogen-bond acceptors (Lipinski definition) is 5. The molecule has 0 aliphatic carbocycles. The van der Waals surface area contributed by atoms with Crippen molar-refractivity contribution in [1.82, 2.24) is 24.5 Å². The normalized spacial score (nSPS) is 11.5. The zero-order valence-corrected chi connectivity index (χ0v) is 22.1. The molecule has 0 unspecified atom stereocenters. The lowest BCUT2D eigenvalue weighted by atomic mass is 10.0. The first-order valence-corrected chi connectivity index (χ1v) is 13.9. The average molecular weight is 532 g/mol. The fourth-order valence-corrected chi connectivity index (χ4v) is 6.16. The van der Waals surface area contributed by atoms with Crippen LogP contribution in [0.2, 0.25) is 0 Å². The quantitative estimate of drug-likeness (QED) is 0.228. The SMILES string of the molecule is c1ccc(-c2cccc(-c3nc(-c4nc5ccccc5s4)nc(-n4c5ccccc5c5ccccc54)n3)c2)cc1. The third-order valence-corrected chi connectivity index (χ3v) is 8.15. The summed E-state index contributed by atoms with van der Waals surface area (Å²) >= 11 is 1.59. The second-order valence-corrected chi connectivity index (χ2v) is 10.6. The summed E-state index contributed by atoms with van der Waals surface area (Å²) < 4.78 is 3.23. The van der Waals surface area contributed by atoms with Crippen molar-refractivity contribution in [3.05, 3.63) is 127 Å². The van der Waals surface area contributed by atoms with Crippen LogP contribution in [0.5, 0.6) is 0 Å². The summed E-state index contributed by atoms with van der Waals surface area (Å²) in [7, 11) is 0. The smallest absolute Gasteiger partial charge is 0.238 e. The number of para-hydroxylation sites is 3. The third-order valence-electron chi connectivity index (χ3n) is 7.12. The Labute approximate surface area is 234 Å². The van der Waals surface area contributed by atoms with Crippen LogP contribution in [0.25, 0.3) is 71.3 Å². The zero-order valence-electron chi connectivity index (χ0n) is 21.3. The Kier molecular flexibility index (Phi) is 5.24. The van der Waals surface area contributed by atoms with Gasteiger partial charge in [0.1, 0.15) is 0 Å². The molecule has 6 heteroatoms. The van der Waals surface area contributed by atoms with Gasteiger partial charge in [0.2, 0.25) is 5.95 Å². The Morgan fingerprint density at radius 2 is 1.10 bits per heavy atom. The minimum absolute atomic E-state index is 0.563. The standard InChI is InChI=1S/C34H21N5S/c1-2-11-22(12-3-1)23-13-10-14-24(21-23)31-36-32(33-35-27-17-6-9-20-30(27)40-33)38-34(37-31)39-28-18-7-4-15-25(28)26-16-5-8-19-29(26)39/h1-21H. The topological polar surface area (TPSA) is 56.5 Å². The van der Waals surface area contributed by atoms with Crippen LogP contribution in [0, 0.1) is 0 Å². The highest BCUT2D eigenvalue weighted by molar-refractivity contribution is 7.21. The molecule has 0 amide bonds. The molecule has 3 aromatic heterocycles. The molecule has 8 rings (SSSR count). The number of fused-ring (bicyclic) bond motifs is 4. The lowest BCUT2D eigenvalue weighted by Crippen LogP contribution is -2.06. The number of rotatable bonds is 4. The number of aromatic nitrogens is 5. The van der Waals surface area contributed by atoms with Crippen molar-refractivity contribution in [1.29, 1.82) is 0 Å². The van der Waals surface area contributed by atoms with Crippen molar-refractivity contribution in [3.8, 4) is 39.3 Å². The first kappa shape index (κ1) is 22.8. The molecule has 0 spiro atoms. The molecule has 0 atom stereocenters. The van der Waals surface area contributed by atoms with E-state index in [2.05, 4.69) is 108 Å². The molecule has 0 fully saturated rings. The molecule has 0 saturated heterocycles. The first-order chi connectivity index (χ1) is 19.8. The van der Waals surface area contributed by atoms with Gasteiger partial charge in [0.05, 0.1) is 21.3 Å². The monoisotopic (exact) mass is 531 g/mol. The van der Waals surface area contributed by atoms with E-state index in [4.69, 9.17) is 19.9 Å². The van der Waals surface area contributed by atoms with Gasteiger partial charge >= 0.3 is 0 Å². The second-order valence-electron chi connectivity index (χ2n) is 9.59. The average Bonchev–Trinajstić information content (AvgIpc) is 3.61. The Morgan fingerprint density at radius 3 is 1.88 bits per heavy atom. The van der Waals surface area contributed by atoms with E-state index in [1.807, 2.05) is 24.3 Å². The summed E-state index contributed by atoms with van der Waals surface area (Å²) in [6.07, 6.45) is 0. The van der Waals surface area contributed by atoms with E-state index in [1.54, 1.807) is 11.3 Å². The van der Waals surface area contributed by atoms with Crippen molar-refractivity contribution in [2.24, 2.45) is 0 Å². The van der Waals surface area contributed by atoms with Crippen LogP contribution in [0.15, 0.2) is 127 Å². The van der Waals surface area contributed by atoms with E-state index in [-0.39, 0.29) is 0 Å². The second kappa shape index (κ2) is 9.22. The van der Waals surface area contributed by atoms with Crippen LogP contribution in [-0.2, 0) is 0 Å². The summed E-state index contributed by atoms with van der Waals surface area (Å²) in [6, 6.07) is 43.6. The molecule has 0 bridgehead atoms. The van der Waals surface area contributed by atoms with Crippen LogP contribution in [0.3, 0.4) is 0 Å². The highest BCUT2D eigenvalue weighted by atomic mass is 32.1. The Hall–Kier alpha value is -5.20. The summed E-state index contributed by atoms with van der Waals surface area (Å²) in [5.74, 6) is 1.74. The van der Waals surface area contributed by atoms with Gasteiger partial charge in [0, 0.05) is 16.3 Å².